The number of methoxy groups -OCH3 is 1. The number of para-hydroxylation sites is 2. The predicted octanol–water partition coefficient (Wildman–Crippen LogP) is 4.23. The van der Waals surface area contributed by atoms with Gasteiger partial charge in [0.2, 0.25) is 0 Å². The van der Waals surface area contributed by atoms with E-state index in [0.29, 0.717) is 34.2 Å². The van der Waals surface area contributed by atoms with Crippen LogP contribution in [0.5, 0.6) is 11.5 Å². The second-order valence-electron chi connectivity index (χ2n) is 7.12. The zero-order valence-electron chi connectivity index (χ0n) is 17.7. The summed E-state index contributed by atoms with van der Waals surface area (Å²) in [6.07, 6.45) is 1.75. The van der Waals surface area contributed by atoms with Gasteiger partial charge in [-0.25, -0.2) is 9.78 Å². The number of rotatable bonds is 6. The number of ether oxygens (including phenoxy) is 2. The van der Waals surface area contributed by atoms with E-state index in [1.807, 2.05) is 19.1 Å². The number of aryl methyl sites for hydroxylation is 1. The molecule has 0 aliphatic rings. The standard InChI is InChI=1S/C24H22N4O4/c1-16-10-11-22-25-18(13-23(29)28(22)14-16)15-32-19-7-5-6-17(12-19)26-24(30)27-20-8-3-4-9-21(20)31-2/h3-14H,15H2,1-2H3,(H2,26,27,30). The second-order valence-corrected chi connectivity index (χ2v) is 7.12. The molecule has 0 fully saturated rings. The molecule has 4 aromatic rings. The quantitative estimate of drug-likeness (QED) is 0.477. The van der Waals surface area contributed by atoms with E-state index in [0.717, 1.165) is 5.56 Å². The molecule has 0 spiro atoms. The van der Waals surface area contributed by atoms with Gasteiger partial charge in [-0.05, 0) is 42.8 Å². The highest BCUT2D eigenvalue weighted by molar-refractivity contribution is 6.00. The summed E-state index contributed by atoms with van der Waals surface area (Å²) in [5.74, 6) is 1.10. The molecule has 4 rings (SSSR count). The second kappa shape index (κ2) is 9.22. The molecule has 32 heavy (non-hydrogen) atoms. The van der Waals surface area contributed by atoms with Crippen LogP contribution < -0.4 is 25.7 Å². The Balaban J connectivity index is 1.42. The Morgan fingerprint density at radius 1 is 1.03 bits per heavy atom. The third-order valence-corrected chi connectivity index (χ3v) is 4.69. The van der Waals surface area contributed by atoms with Crippen LogP contribution in [0.25, 0.3) is 5.65 Å². The van der Waals surface area contributed by atoms with E-state index in [-0.39, 0.29) is 12.2 Å². The molecule has 162 valence electrons. The van der Waals surface area contributed by atoms with Gasteiger partial charge in [0, 0.05) is 24.0 Å². The highest BCUT2D eigenvalue weighted by atomic mass is 16.5. The molecular weight excluding hydrogens is 408 g/mol. The first-order chi connectivity index (χ1) is 15.5. The van der Waals surface area contributed by atoms with E-state index >= 15 is 0 Å². The van der Waals surface area contributed by atoms with E-state index in [4.69, 9.17) is 9.47 Å². The summed E-state index contributed by atoms with van der Waals surface area (Å²) in [6, 6.07) is 18.8. The van der Waals surface area contributed by atoms with Crippen molar-refractivity contribution in [2.45, 2.75) is 13.5 Å². The van der Waals surface area contributed by atoms with Gasteiger partial charge in [0.05, 0.1) is 18.5 Å². The molecule has 0 atom stereocenters. The highest BCUT2D eigenvalue weighted by Gasteiger charge is 2.08. The normalized spacial score (nSPS) is 10.6. The van der Waals surface area contributed by atoms with E-state index in [1.165, 1.54) is 10.5 Å². The molecule has 0 saturated heterocycles. The fourth-order valence-corrected chi connectivity index (χ4v) is 3.19. The highest BCUT2D eigenvalue weighted by Crippen LogP contribution is 2.24. The van der Waals surface area contributed by atoms with E-state index in [1.54, 1.807) is 61.8 Å². The molecule has 0 bridgehead atoms. The number of anilines is 2. The van der Waals surface area contributed by atoms with E-state index < -0.39 is 6.03 Å². The number of benzene rings is 2. The van der Waals surface area contributed by atoms with Crippen molar-refractivity contribution < 1.29 is 14.3 Å². The number of carbonyl (C=O) groups is 1. The van der Waals surface area contributed by atoms with E-state index in [9.17, 15) is 9.59 Å². The lowest BCUT2D eigenvalue weighted by Crippen LogP contribution is -2.19. The number of carbonyl (C=O) groups excluding carboxylic acids is 1. The maximum atomic E-state index is 12.4. The van der Waals surface area contributed by atoms with Gasteiger partial charge in [-0.15, -0.1) is 0 Å². The summed E-state index contributed by atoms with van der Waals surface area (Å²) >= 11 is 0. The number of aromatic nitrogens is 2. The van der Waals surface area contributed by atoms with Crippen molar-refractivity contribution in [2.75, 3.05) is 17.7 Å². The lowest BCUT2D eigenvalue weighted by Gasteiger charge is -2.12. The number of nitrogens with zero attached hydrogens (tertiary/aromatic N) is 2. The topological polar surface area (TPSA) is 94.0 Å². The van der Waals surface area contributed by atoms with Crippen LogP contribution in [0.15, 0.2) is 77.7 Å². The molecule has 0 radical (unpaired) electrons. The minimum Gasteiger partial charge on any atom is -0.495 e. The Labute approximate surface area is 184 Å². The summed E-state index contributed by atoms with van der Waals surface area (Å²) in [5.41, 5.74) is 3.00. The molecule has 0 unspecified atom stereocenters. The first-order valence-electron chi connectivity index (χ1n) is 9.95. The van der Waals surface area contributed by atoms with Gasteiger partial charge in [0.15, 0.2) is 0 Å². The van der Waals surface area contributed by atoms with Crippen LogP contribution in [0.1, 0.15) is 11.3 Å². The van der Waals surface area contributed by atoms with Crippen LogP contribution >= 0.6 is 0 Å². The first-order valence-corrected chi connectivity index (χ1v) is 9.95. The van der Waals surface area contributed by atoms with Gasteiger partial charge >= 0.3 is 6.03 Å². The van der Waals surface area contributed by atoms with Crippen LogP contribution in [-0.2, 0) is 6.61 Å². The van der Waals surface area contributed by atoms with Crippen LogP contribution in [0.3, 0.4) is 0 Å². The Morgan fingerprint density at radius 2 is 1.88 bits per heavy atom. The minimum absolute atomic E-state index is 0.122. The summed E-state index contributed by atoms with van der Waals surface area (Å²) in [5, 5.41) is 5.52. The Kier molecular flexibility index (Phi) is 6.03. The van der Waals surface area contributed by atoms with Gasteiger partial charge in [0.25, 0.3) is 5.56 Å². The first kappa shape index (κ1) is 20.9. The molecule has 2 heterocycles. The minimum atomic E-state index is -0.411. The van der Waals surface area contributed by atoms with Gasteiger partial charge in [-0.2, -0.15) is 0 Å². The van der Waals surface area contributed by atoms with E-state index in [2.05, 4.69) is 15.6 Å². The van der Waals surface area contributed by atoms with Gasteiger partial charge in [-0.1, -0.05) is 24.3 Å². The summed E-state index contributed by atoms with van der Waals surface area (Å²) < 4.78 is 12.5. The molecule has 8 heteroatoms. The molecule has 0 aliphatic heterocycles. The Bertz CT molecular complexity index is 1330. The fourth-order valence-electron chi connectivity index (χ4n) is 3.19. The van der Waals surface area contributed by atoms with Crippen molar-refractivity contribution in [1.82, 2.24) is 9.38 Å². The number of urea groups is 1. The number of fused-ring (bicyclic) bond motifs is 1. The number of hydrogen-bond acceptors (Lipinski definition) is 5. The number of amides is 2. The largest absolute Gasteiger partial charge is 0.495 e. The lowest BCUT2D eigenvalue weighted by atomic mass is 10.3. The molecule has 2 aromatic heterocycles. The van der Waals surface area contributed by atoms with Gasteiger partial charge in [-0.3, -0.25) is 9.20 Å². The van der Waals surface area contributed by atoms with Crippen molar-refractivity contribution in [3.63, 3.8) is 0 Å². The SMILES string of the molecule is COc1ccccc1NC(=O)Nc1cccc(OCc2cc(=O)n3cc(C)ccc3n2)c1. The molecule has 2 aromatic carbocycles. The average molecular weight is 430 g/mol. The number of nitrogens with one attached hydrogen (secondary N) is 2. The Hall–Kier alpha value is -4.33. The Morgan fingerprint density at radius 3 is 2.72 bits per heavy atom. The van der Waals surface area contributed by atoms with Crippen LogP contribution in [0, 0.1) is 6.92 Å². The van der Waals surface area contributed by atoms with Crippen LogP contribution in [-0.4, -0.2) is 22.5 Å². The van der Waals surface area contributed by atoms with Crippen LogP contribution in [0.2, 0.25) is 0 Å². The maximum Gasteiger partial charge on any atom is 0.323 e. The lowest BCUT2D eigenvalue weighted by molar-refractivity contribution is 0.262. The van der Waals surface area contributed by atoms with Crippen molar-refractivity contribution in [3.8, 4) is 11.5 Å². The number of pyridine rings is 1. The van der Waals surface area contributed by atoms with Crippen molar-refractivity contribution in [1.29, 1.82) is 0 Å². The smallest absolute Gasteiger partial charge is 0.323 e. The van der Waals surface area contributed by atoms with Crippen molar-refractivity contribution in [3.05, 3.63) is 94.5 Å². The van der Waals surface area contributed by atoms with Gasteiger partial charge < -0.3 is 20.1 Å². The third kappa shape index (κ3) is 4.86. The van der Waals surface area contributed by atoms with Crippen molar-refractivity contribution in [2.24, 2.45) is 0 Å². The maximum absolute atomic E-state index is 12.4. The van der Waals surface area contributed by atoms with Crippen LogP contribution in [0.4, 0.5) is 16.2 Å². The zero-order valence-corrected chi connectivity index (χ0v) is 17.7. The predicted molar refractivity (Wildman–Crippen MR) is 123 cm³/mol. The number of hydrogen-bond donors (Lipinski definition) is 2. The molecular formula is C24H22N4O4. The molecule has 0 aliphatic carbocycles. The van der Waals surface area contributed by atoms with Crippen molar-refractivity contribution >= 4 is 23.1 Å². The molecule has 0 saturated carbocycles. The third-order valence-electron chi connectivity index (χ3n) is 4.69. The fraction of sp³-hybridized carbons (Fsp3) is 0.125. The monoisotopic (exact) mass is 430 g/mol. The molecule has 2 N–H and O–H groups in total. The zero-order chi connectivity index (χ0) is 22.5. The van der Waals surface area contributed by atoms with Gasteiger partial charge in [0.1, 0.15) is 23.8 Å². The summed E-state index contributed by atoms with van der Waals surface area (Å²) in [7, 11) is 1.54. The average Bonchev–Trinajstić information content (AvgIpc) is 2.79. The summed E-state index contributed by atoms with van der Waals surface area (Å²) in [6.45, 7) is 2.04. The molecule has 2 amide bonds. The molecule has 8 nitrogen and oxygen atoms in total. The summed E-state index contributed by atoms with van der Waals surface area (Å²) in [4.78, 5) is 29.2.